The Hall–Kier alpha value is -1.77. The Kier molecular flexibility index (Phi) is 9.18. The molecule has 0 amide bonds. The van der Waals surface area contributed by atoms with Crippen molar-refractivity contribution >= 4 is 17.3 Å². The molecule has 0 unspecified atom stereocenters. The smallest absolute Gasteiger partial charge is 0.181 e. The highest BCUT2D eigenvalue weighted by Gasteiger charge is 2.36. The molecule has 0 aliphatic heterocycles. The fourth-order valence-electron chi connectivity index (χ4n) is 2.20. The minimum Gasteiger partial charge on any atom is -0.298 e. The van der Waals surface area contributed by atoms with E-state index in [2.05, 4.69) is 0 Å². The van der Waals surface area contributed by atoms with Crippen molar-refractivity contribution in [1.82, 2.24) is 0 Å². The Balaban J connectivity index is 0.000000921. The van der Waals surface area contributed by atoms with Gasteiger partial charge in [-0.3, -0.25) is 14.4 Å². The molecule has 1 aromatic rings. The number of hydrogen-bond acceptors (Lipinski definition) is 3. The van der Waals surface area contributed by atoms with Gasteiger partial charge in [0.05, 0.1) is 0 Å². The van der Waals surface area contributed by atoms with Crippen LogP contribution in [0, 0.1) is 12.8 Å². The largest absolute Gasteiger partial charge is 0.298 e. The average molecular weight is 290 g/mol. The first kappa shape index (κ1) is 19.2. The summed E-state index contributed by atoms with van der Waals surface area (Å²) in [6.45, 7) is 9.81. The molecular formula is C18H26O3. The van der Waals surface area contributed by atoms with Crippen molar-refractivity contribution in [3.8, 4) is 0 Å². The minimum absolute atomic E-state index is 0.227. The van der Waals surface area contributed by atoms with Gasteiger partial charge in [-0.25, -0.2) is 0 Å². The molecule has 1 aliphatic carbocycles. The molecule has 0 heterocycles. The van der Waals surface area contributed by atoms with Crippen molar-refractivity contribution in [2.75, 3.05) is 0 Å². The fraction of sp³-hybridized carbons (Fsp3) is 0.500. The molecule has 1 saturated carbocycles. The van der Waals surface area contributed by atoms with Gasteiger partial charge in [-0.15, -0.1) is 0 Å². The Bertz CT molecular complexity index is 473. The SMILES string of the molecule is CC.CC.Cc1ccccc1C(=O)C1C(=O)CCCC1=O. The highest BCUT2D eigenvalue weighted by atomic mass is 16.2. The predicted octanol–water partition coefficient (Wildman–Crippen LogP) is 4.17. The molecule has 0 radical (unpaired) electrons. The molecule has 3 heteroatoms. The van der Waals surface area contributed by atoms with Gasteiger partial charge in [-0.1, -0.05) is 52.0 Å². The first-order valence-electron chi connectivity index (χ1n) is 7.76. The number of ketones is 3. The highest BCUT2D eigenvalue weighted by molar-refractivity contribution is 6.25. The van der Waals surface area contributed by atoms with Gasteiger partial charge in [0, 0.05) is 18.4 Å². The van der Waals surface area contributed by atoms with Gasteiger partial charge in [-0.05, 0) is 18.9 Å². The van der Waals surface area contributed by atoms with Gasteiger partial charge in [0.1, 0.15) is 5.92 Å². The summed E-state index contributed by atoms with van der Waals surface area (Å²) in [6.07, 6.45) is 1.26. The van der Waals surface area contributed by atoms with Crippen LogP contribution in [0.4, 0.5) is 0 Å². The summed E-state index contributed by atoms with van der Waals surface area (Å²) in [5, 5.41) is 0. The lowest BCUT2D eigenvalue weighted by molar-refractivity contribution is -0.133. The average Bonchev–Trinajstić information content (AvgIpc) is 2.51. The van der Waals surface area contributed by atoms with Crippen LogP contribution in [0.5, 0.6) is 0 Å². The van der Waals surface area contributed by atoms with Crippen LogP contribution in [0.2, 0.25) is 0 Å². The highest BCUT2D eigenvalue weighted by Crippen LogP contribution is 2.22. The number of carbonyl (C=O) groups is 3. The standard InChI is InChI=1S/C14H14O3.2C2H6/c1-9-5-2-3-6-10(9)14(17)13-11(15)7-4-8-12(13)16;2*1-2/h2-3,5-6,13H,4,7-8H2,1H3;2*1-2H3. The maximum Gasteiger partial charge on any atom is 0.181 e. The molecule has 0 N–H and O–H groups in total. The second-order valence-electron chi connectivity index (χ2n) is 4.40. The van der Waals surface area contributed by atoms with E-state index in [0.717, 1.165) is 5.56 Å². The number of benzene rings is 1. The zero-order chi connectivity index (χ0) is 16.4. The quantitative estimate of drug-likeness (QED) is 0.607. The minimum atomic E-state index is -1.05. The van der Waals surface area contributed by atoms with Crippen molar-refractivity contribution in [3.05, 3.63) is 35.4 Å². The summed E-state index contributed by atoms with van der Waals surface area (Å²) in [5.74, 6) is -1.84. The number of rotatable bonds is 2. The first-order valence-corrected chi connectivity index (χ1v) is 7.76. The fourth-order valence-corrected chi connectivity index (χ4v) is 2.20. The first-order chi connectivity index (χ1) is 10.1. The number of aryl methyl sites for hydroxylation is 1. The van der Waals surface area contributed by atoms with E-state index < -0.39 is 5.92 Å². The topological polar surface area (TPSA) is 51.2 Å². The van der Waals surface area contributed by atoms with Gasteiger partial charge in [-0.2, -0.15) is 0 Å². The van der Waals surface area contributed by atoms with E-state index in [-0.39, 0.29) is 17.3 Å². The van der Waals surface area contributed by atoms with Gasteiger partial charge >= 0.3 is 0 Å². The Labute approximate surface area is 127 Å². The third-order valence-electron chi connectivity index (χ3n) is 3.16. The summed E-state index contributed by atoms with van der Waals surface area (Å²) in [4.78, 5) is 35.6. The van der Waals surface area contributed by atoms with E-state index in [9.17, 15) is 14.4 Å². The summed E-state index contributed by atoms with van der Waals surface area (Å²) in [5.41, 5.74) is 1.30. The van der Waals surface area contributed by atoms with Gasteiger partial charge in [0.25, 0.3) is 0 Å². The van der Waals surface area contributed by atoms with E-state index in [1.165, 1.54) is 0 Å². The zero-order valence-corrected chi connectivity index (χ0v) is 13.7. The summed E-state index contributed by atoms with van der Waals surface area (Å²) >= 11 is 0. The number of Topliss-reactive ketones (excluding diaryl/α,β-unsaturated/α-hetero) is 3. The van der Waals surface area contributed by atoms with Crippen molar-refractivity contribution in [3.63, 3.8) is 0 Å². The maximum absolute atomic E-state index is 12.2. The second kappa shape index (κ2) is 10.0. The third-order valence-corrected chi connectivity index (χ3v) is 3.16. The predicted molar refractivity (Wildman–Crippen MR) is 85.6 cm³/mol. The van der Waals surface area contributed by atoms with Crippen molar-refractivity contribution in [2.24, 2.45) is 5.92 Å². The van der Waals surface area contributed by atoms with E-state index in [1.54, 1.807) is 12.1 Å². The van der Waals surface area contributed by atoms with E-state index in [0.29, 0.717) is 24.8 Å². The summed E-state index contributed by atoms with van der Waals surface area (Å²) in [7, 11) is 0. The Morgan fingerprint density at radius 3 is 1.90 bits per heavy atom. The van der Waals surface area contributed by atoms with E-state index in [1.807, 2.05) is 46.8 Å². The van der Waals surface area contributed by atoms with E-state index in [4.69, 9.17) is 0 Å². The van der Waals surface area contributed by atoms with Crippen LogP contribution < -0.4 is 0 Å². The molecule has 0 aromatic heterocycles. The monoisotopic (exact) mass is 290 g/mol. The van der Waals surface area contributed by atoms with Gasteiger partial charge < -0.3 is 0 Å². The molecule has 3 nitrogen and oxygen atoms in total. The van der Waals surface area contributed by atoms with Crippen molar-refractivity contribution in [1.29, 1.82) is 0 Å². The summed E-state index contributed by atoms with van der Waals surface area (Å²) in [6, 6.07) is 7.06. The van der Waals surface area contributed by atoms with Crippen LogP contribution in [-0.4, -0.2) is 17.3 Å². The molecule has 1 fully saturated rings. The van der Waals surface area contributed by atoms with Gasteiger partial charge in [0.15, 0.2) is 17.3 Å². The molecule has 2 rings (SSSR count). The van der Waals surface area contributed by atoms with Crippen LogP contribution in [0.3, 0.4) is 0 Å². The molecule has 1 aliphatic rings. The van der Waals surface area contributed by atoms with Crippen LogP contribution in [0.1, 0.15) is 62.9 Å². The Morgan fingerprint density at radius 2 is 1.43 bits per heavy atom. The molecule has 0 saturated heterocycles. The lowest BCUT2D eigenvalue weighted by Crippen LogP contribution is -2.35. The normalized spacial score (nSPS) is 14.5. The van der Waals surface area contributed by atoms with Crippen LogP contribution >= 0.6 is 0 Å². The summed E-state index contributed by atoms with van der Waals surface area (Å²) < 4.78 is 0. The maximum atomic E-state index is 12.2. The number of hydrogen-bond donors (Lipinski definition) is 0. The van der Waals surface area contributed by atoms with Gasteiger partial charge in [0.2, 0.25) is 0 Å². The molecule has 21 heavy (non-hydrogen) atoms. The van der Waals surface area contributed by atoms with Crippen molar-refractivity contribution < 1.29 is 14.4 Å². The molecule has 116 valence electrons. The lowest BCUT2D eigenvalue weighted by atomic mass is 9.81. The number of carbonyl (C=O) groups excluding carboxylic acids is 3. The zero-order valence-electron chi connectivity index (χ0n) is 13.7. The molecule has 0 bridgehead atoms. The lowest BCUT2D eigenvalue weighted by Gasteiger charge is -2.18. The Morgan fingerprint density at radius 1 is 0.952 bits per heavy atom. The van der Waals surface area contributed by atoms with Crippen LogP contribution in [0.15, 0.2) is 24.3 Å². The molecule has 1 aromatic carbocycles. The third kappa shape index (κ3) is 4.92. The van der Waals surface area contributed by atoms with Crippen LogP contribution in [-0.2, 0) is 9.59 Å². The molecular weight excluding hydrogens is 264 g/mol. The van der Waals surface area contributed by atoms with E-state index >= 15 is 0 Å². The van der Waals surface area contributed by atoms with Crippen molar-refractivity contribution in [2.45, 2.75) is 53.9 Å². The van der Waals surface area contributed by atoms with Crippen LogP contribution in [0.25, 0.3) is 0 Å². The molecule has 0 atom stereocenters. The second-order valence-corrected chi connectivity index (χ2v) is 4.40. The molecule has 0 spiro atoms.